The fourth-order valence-electron chi connectivity index (χ4n) is 4.88. The molecule has 0 heterocycles. The minimum Gasteiger partial charge on any atom is -0.390 e. The molecule has 0 bridgehead atoms. The number of halogens is 1. The molecule has 4 aromatic rings. The zero-order chi connectivity index (χ0) is 28.4. The van der Waals surface area contributed by atoms with Gasteiger partial charge in [-0.2, -0.15) is 0 Å². The van der Waals surface area contributed by atoms with Gasteiger partial charge in [0.05, 0.1) is 30.5 Å². The molecule has 206 valence electrons. The lowest BCUT2D eigenvalue weighted by molar-refractivity contribution is -0.129. The Hall–Kier alpha value is -3.97. The second-order valence-electron chi connectivity index (χ2n) is 9.73. The van der Waals surface area contributed by atoms with Gasteiger partial charge in [-0.1, -0.05) is 121 Å². The molecule has 7 heteroatoms. The van der Waals surface area contributed by atoms with Crippen molar-refractivity contribution >= 4 is 23.4 Å². The molecule has 0 saturated carbocycles. The van der Waals surface area contributed by atoms with E-state index in [1.165, 1.54) is 0 Å². The van der Waals surface area contributed by atoms with Crippen LogP contribution in [0, 0.1) is 0 Å². The quantitative estimate of drug-likeness (QED) is 0.156. The highest BCUT2D eigenvalue weighted by Crippen LogP contribution is 2.36. The van der Waals surface area contributed by atoms with E-state index in [1.54, 1.807) is 0 Å². The normalized spacial score (nSPS) is 13.6. The van der Waals surface area contributed by atoms with Gasteiger partial charge in [0, 0.05) is 0 Å². The highest BCUT2D eigenvalue weighted by molar-refractivity contribution is 6.18. The van der Waals surface area contributed by atoms with Crippen LogP contribution in [0.1, 0.15) is 28.7 Å². The third-order valence-electron chi connectivity index (χ3n) is 6.94. The number of benzene rings is 4. The second kappa shape index (κ2) is 13.9. The predicted octanol–water partition coefficient (Wildman–Crippen LogP) is 4.14. The summed E-state index contributed by atoms with van der Waals surface area (Å²) in [5.74, 6) is -0.983. The number of aliphatic hydroxyl groups is 1. The number of hydrogen-bond donors (Lipinski definition) is 4. The fourth-order valence-corrected chi connectivity index (χ4v) is 5.10. The van der Waals surface area contributed by atoms with Crippen LogP contribution in [0.3, 0.4) is 0 Å². The number of nitrogens with one attached hydrogen (secondary N) is 2. The molecule has 40 heavy (non-hydrogen) atoms. The van der Waals surface area contributed by atoms with Gasteiger partial charge in [0.1, 0.15) is 5.54 Å². The molecule has 0 fully saturated rings. The first kappa shape index (κ1) is 29.0. The van der Waals surface area contributed by atoms with Crippen molar-refractivity contribution in [2.45, 2.75) is 36.6 Å². The number of hydrogen-bond acceptors (Lipinski definition) is 4. The lowest BCUT2D eigenvalue weighted by Gasteiger charge is -2.37. The van der Waals surface area contributed by atoms with Crippen LogP contribution in [0.5, 0.6) is 0 Å². The summed E-state index contributed by atoms with van der Waals surface area (Å²) in [5, 5.41) is 16.5. The molecule has 1 unspecified atom stereocenters. The Morgan fingerprint density at radius 2 is 1.18 bits per heavy atom. The maximum absolute atomic E-state index is 13.6. The lowest BCUT2D eigenvalue weighted by Crippen LogP contribution is -2.54. The van der Waals surface area contributed by atoms with E-state index in [-0.39, 0.29) is 12.3 Å². The van der Waals surface area contributed by atoms with Crippen molar-refractivity contribution in [2.24, 2.45) is 5.73 Å². The highest BCUT2D eigenvalue weighted by Gasteiger charge is 2.38. The Labute approximate surface area is 240 Å². The maximum Gasteiger partial charge on any atom is 0.237 e. The monoisotopic (exact) mass is 555 g/mol. The number of nitrogens with two attached hydrogens (primary N) is 1. The number of carbonyl (C=O) groups is 2. The standard InChI is InChI=1S/C33H34ClN3O3/c34-23-30(38)29(21-24-13-5-1-6-14-24)36-32(40)28(35)22-31(39)37-33(25-15-7-2-8-16-25,26-17-9-3-10-18-26)27-19-11-4-12-20-27/h1-20,28-30,38H,21-23,35H2,(H,36,40)(H,37,39)/t28-,29-,30?/m0/s1. The molecule has 0 aliphatic heterocycles. The summed E-state index contributed by atoms with van der Waals surface area (Å²) in [7, 11) is 0. The first-order valence-corrected chi connectivity index (χ1v) is 13.8. The molecule has 0 aliphatic carbocycles. The number of amides is 2. The number of alkyl halides is 1. The van der Waals surface area contributed by atoms with Crippen LogP contribution in [0.25, 0.3) is 0 Å². The third kappa shape index (κ3) is 6.96. The van der Waals surface area contributed by atoms with E-state index in [4.69, 9.17) is 17.3 Å². The van der Waals surface area contributed by atoms with E-state index >= 15 is 0 Å². The zero-order valence-corrected chi connectivity index (χ0v) is 22.9. The Morgan fingerprint density at radius 1 is 0.750 bits per heavy atom. The average Bonchev–Trinajstić information content (AvgIpc) is 3.01. The summed E-state index contributed by atoms with van der Waals surface area (Å²) in [4.78, 5) is 26.7. The van der Waals surface area contributed by atoms with Gasteiger partial charge in [0.2, 0.25) is 11.8 Å². The average molecular weight is 556 g/mol. The van der Waals surface area contributed by atoms with Gasteiger partial charge < -0.3 is 21.5 Å². The molecular formula is C33H34ClN3O3. The summed E-state index contributed by atoms with van der Waals surface area (Å²) in [5.41, 5.74) is 8.77. The van der Waals surface area contributed by atoms with Crippen molar-refractivity contribution in [3.8, 4) is 0 Å². The largest absolute Gasteiger partial charge is 0.390 e. The molecule has 0 spiro atoms. The van der Waals surface area contributed by atoms with Crippen LogP contribution >= 0.6 is 11.6 Å². The van der Waals surface area contributed by atoms with Crippen molar-refractivity contribution < 1.29 is 14.7 Å². The highest BCUT2D eigenvalue weighted by atomic mass is 35.5. The Kier molecular flexibility index (Phi) is 10.1. The van der Waals surface area contributed by atoms with Crippen LogP contribution in [-0.2, 0) is 21.5 Å². The van der Waals surface area contributed by atoms with Crippen molar-refractivity contribution in [3.63, 3.8) is 0 Å². The Balaban J connectivity index is 1.57. The van der Waals surface area contributed by atoms with Gasteiger partial charge >= 0.3 is 0 Å². The zero-order valence-electron chi connectivity index (χ0n) is 22.1. The summed E-state index contributed by atoms with van der Waals surface area (Å²) >= 11 is 5.91. The molecule has 5 N–H and O–H groups in total. The summed E-state index contributed by atoms with van der Waals surface area (Å²) in [6.45, 7) is 0. The molecule has 0 saturated heterocycles. The molecule has 3 atom stereocenters. The summed E-state index contributed by atoms with van der Waals surface area (Å²) in [6.07, 6.45) is -0.859. The molecule has 0 aliphatic rings. The SMILES string of the molecule is N[C@@H](CC(=O)NC(c1ccccc1)(c1ccccc1)c1ccccc1)C(=O)N[C@@H](Cc1ccccc1)C(O)CCl. The number of rotatable bonds is 12. The molecule has 4 aromatic carbocycles. The van der Waals surface area contributed by atoms with Crippen LogP contribution in [-0.4, -0.2) is 41.0 Å². The lowest BCUT2D eigenvalue weighted by atomic mass is 9.77. The van der Waals surface area contributed by atoms with Crippen LogP contribution in [0.4, 0.5) is 0 Å². The van der Waals surface area contributed by atoms with E-state index in [0.29, 0.717) is 6.42 Å². The predicted molar refractivity (Wildman–Crippen MR) is 159 cm³/mol. The smallest absolute Gasteiger partial charge is 0.237 e. The van der Waals surface area contributed by atoms with Crippen molar-refractivity contribution in [2.75, 3.05) is 5.88 Å². The van der Waals surface area contributed by atoms with Gasteiger partial charge in [0.15, 0.2) is 0 Å². The number of carbonyl (C=O) groups excluding carboxylic acids is 2. The Bertz CT molecular complexity index is 1260. The van der Waals surface area contributed by atoms with Crippen LogP contribution < -0.4 is 16.4 Å². The fraction of sp³-hybridized carbons (Fsp3) is 0.212. The van der Waals surface area contributed by atoms with Crippen LogP contribution in [0.15, 0.2) is 121 Å². The van der Waals surface area contributed by atoms with E-state index in [0.717, 1.165) is 22.3 Å². The molecule has 0 radical (unpaired) electrons. The summed E-state index contributed by atoms with van der Waals surface area (Å²) < 4.78 is 0. The number of aliphatic hydroxyl groups excluding tert-OH is 1. The topological polar surface area (TPSA) is 104 Å². The molecule has 0 aromatic heterocycles. The molecule has 6 nitrogen and oxygen atoms in total. The van der Waals surface area contributed by atoms with Gasteiger partial charge in [-0.05, 0) is 28.7 Å². The molecular weight excluding hydrogens is 522 g/mol. The van der Waals surface area contributed by atoms with Gasteiger partial charge in [-0.15, -0.1) is 11.6 Å². The van der Waals surface area contributed by atoms with Crippen molar-refractivity contribution in [3.05, 3.63) is 144 Å². The molecule has 4 rings (SSSR count). The van der Waals surface area contributed by atoms with Gasteiger partial charge in [0.25, 0.3) is 0 Å². The summed E-state index contributed by atoms with van der Waals surface area (Å²) in [6, 6.07) is 36.8. The van der Waals surface area contributed by atoms with Crippen molar-refractivity contribution in [1.29, 1.82) is 0 Å². The van der Waals surface area contributed by atoms with Gasteiger partial charge in [-0.25, -0.2) is 0 Å². The first-order valence-electron chi connectivity index (χ1n) is 13.3. The third-order valence-corrected chi connectivity index (χ3v) is 7.25. The second-order valence-corrected chi connectivity index (χ2v) is 10.0. The van der Waals surface area contributed by atoms with E-state index in [1.807, 2.05) is 121 Å². The van der Waals surface area contributed by atoms with E-state index in [2.05, 4.69) is 10.6 Å². The minimum atomic E-state index is -1.14. The maximum atomic E-state index is 13.6. The van der Waals surface area contributed by atoms with Gasteiger partial charge in [-0.3, -0.25) is 9.59 Å². The first-order chi connectivity index (χ1) is 19.4. The minimum absolute atomic E-state index is 0.0543. The van der Waals surface area contributed by atoms with Crippen LogP contribution in [0.2, 0.25) is 0 Å². The van der Waals surface area contributed by atoms with E-state index in [9.17, 15) is 14.7 Å². The van der Waals surface area contributed by atoms with Crippen molar-refractivity contribution in [1.82, 2.24) is 10.6 Å². The van der Waals surface area contributed by atoms with E-state index < -0.39 is 35.5 Å². The Morgan fingerprint density at radius 3 is 1.60 bits per heavy atom. The molecule has 2 amide bonds.